The van der Waals surface area contributed by atoms with Crippen molar-refractivity contribution in [2.45, 2.75) is 33.2 Å². The molecule has 0 fully saturated rings. The summed E-state index contributed by atoms with van der Waals surface area (Å²) in [5.41, 5.74) is 7.71. The van der Waals surface area contributed by atoms with E-state index in [0.717, 1.165) is 28.5 Å². The summed E-state index contributed by atoms with van der Waals surface area (Å²) in [4.78, 5) is 12.7. The fourth-order valence-corrected chi connectivity index (χ4v) is 2.37. The van der Waals surface area contributed by atoms with Gasteiger partial charge in [-0.2, -0.15) is 4.98 Å². The Hall–Kier alpha value is -1.69. The van der Waals surface area contributed by atoms with E-state index < -0.39 is 0 Å². The fraction of sp³-hybridized carbons (Fsp3) is 0.417. The zero-order valence-electron chi connectivity index (χ0n) is 10.8. The van der Waals surface area contributed by atoms with Crippen LogP contribution in [0, 0.1) is 6.92 Å². The summed E-state index contributed by atoms with van der Waals surface area (Å²) >= 11 is 1.65. The number of nitrogens with one attached hydrogen (secondary N) is 1. The molecule has 0 radical (unpaired) electrons. The summed E-state index contributed by atoms with van der Waals surface area (Å²) in [6.45, 7) is 6.13. The second-order valence-electron chi connectivity index (χ2n) is 4.11. The standard InChI is InChI=1S/C12H17N5S/c1-4-9-5-14-12(13)17-11(9)15-7(2)10-6-18-8(3)16-10/h5-7H,4H2,1-3H3,(H3,13,14,15,17)/t7-/m1/s1. The highest BCUT2D eigenvalue weighted by Crippen LogP contribution is 2.22. The lowest BCUT2D eigenvalue weighted by Gasteiger charge is -2.15. The van der Waals surface area contributed by atoms with Crippen LogP contribution in [0.3, 0.4) is 0 Å². The van der Waals surface area contributed by atoms with Gasteiger partial charge in [0.1, 0.15) is 5.82 Å². The van der Waals surface area contributed by atoms with E-state index in [1.165, 1.54) is 0 Å². The van der Waals surface area contributed by atoms with Crippen LogP contribution in [0.15, 0.2) is 11.6 Å². The van der Waals surface area contributed by atoms with Gasteiger partial charge in [0.05, 0.1) is 16.7 Å². The molecule has 0 amide bonds. The van der Waals surface area contributed by atoms with Gasteiger partial charge in [-0.25, -0.2) is 9.97 Å². The predicted octanol–water partition coefficient (Wildman–Crippen LogP) is 2.56. The maximum Gasteiger partial charge on any atom is 0.221 e. The molecule has 0 saturated heterocycles. The van der Waals surface area contributed by atoms with E-state index >= 15 is 0 Å². The average Bonchev–Trinajstić information content (AvgIpc) is 2.76. The van der Waals surface area contributed by atoms with Crippen molar-refractivity contribution in [3.8, 4) is 0 Å². The van der Waals surface area contributed by atoms with E-state index in [9.17, 15) is 0 Å². The van der Waals surface area contributed by atoms with Gasteiger partial charge in [-0.15, -0.1) is 11.3 Å². The fourth-order valence-electron chi connectivity index (χ4n) is 1.66. The zero-order chi connectivity index (χ0) is 13.1. The van der Waals surface area contributed by atoms with Crippen LogP contribution in [0.1, 0.15) is 36.2 Å². The van der Waals surface area contributed by atoms with Crippen LogP contribution in [0.4, 0.5) is 11.8 Å². The maximum absolute atomic E-state index is 5.62. The van der Waals surface area contributed by atoms with Gasteiger partial charge >= 0.3 is 0 Å². The lowest BCUT2D eigenvalue weighted by Crippen LogP contribution is -2.12. The molecule has 0 aliphatic rings. The molecule has 0 aliphatic carbocycles. The van der Waals surface area contributed by atoms with Crippen LogP contribution in [0.2, 0.25) is 0 Å². The molecule has 96 valence electrons. The first-order valence-corrected chi connectivity index (χ1v) is 6.78. The lowest BCUT2D eigenvalue weighted by molar-refractivity contribution is 0.830. The zero-order valence-corrected chi connectivity index (χ0v) is 11.6. The third-order valence-electron chi connectivity index (χ3n) is 2.70. The molecule has 2 aromatic rings. The number of aromatic nitrogens is 3. The smallest absolute Gasteiger partial charge is 0.221 e. The van der Waals surface area contributed by atoms with Crippen molar-refractivity contribution in [2.24, 2.45) is 0 Å². The quantitative estimate of drug-likeness (QED) is 0.886. The Bertz CT molecular complexity index is 537. The number of hydrogen-bond donors (Lipinski definition) is 2. The second kappa shape index (κ2) is 5.30. The van der Waals surface area contributed by atoms with Crippen LogP contribution in [0.25, 0.3) is 0 Å². The molecule has 5 nitrogen and oxygen atoms in total. The number of hydrogen-bond acceptors (Lipinski definition) is 6. The Balaban J connectivity index is 2.20. The first-order valence-electron chi connectivity index (χ1n) is 5.90. The van der Waals surface area contributed by atoms with E-state index in [1.54, 1.807) is 17.5 Å². The van der Waals surface area contributed by atoms with Gasteiger partial charge in [-0.05, 0) is 20.3 Å². The van der Waals surface area contributed by atoms with Gasteiger partial charge < -0.3 is 11.1 Å². The Labute approximate surface area is 111 Å². The van der Waals surface area contributed by atoms with E-state index in [0.29, 0.717) is 0 Å². The summed E-state index contributed by atoms with van der Waals surface area (Å²) in [6.07, 6.45) is 2.63. The highest BCUT2D eigenvalue weighted by atomic mass is 32.1. The highest BCUT2D eigenvalue weighted by molar-refractivity contribution is 7.09. The Kier molecular flexibility index (Phi) is 3.76. The van der Waals surface area contributed by atoms with E-state index in [-0.39, 0.29) is 12.0 Å². The number of anilines is 2. The molecule has 0 spiro atoms. The van der Waals surface area contributed by atoms with Crippen LogP contribution in [-0.4, -0.2) is 15.0 Å². The van der Waals surface area contributed by atoms with Crippen molar-refractivity contribution in [2.75, 3.05) is 11.1 Å². The summed E-state index contributed by atoms with van der Waals surface area (Å²) in [5, 5.41) is 6.47. The van der Waals surface area contributed by atoms with Crippen LogP contribution in [0.5, 0.6) is 0 Å². The number of nitrogen functional groups attached to an aromatic ring is 1. The molecule has 1 atom stereocenters. The SMILES string of the molecule is CCc1cnc(N)nc1N[C@H](C)c1csc(C)n1. The Morgan fingerprint density at radius 3 is 2.83 bits per heavy atom. The maximum atomic E-state index is 5.62. The monoisotopic (exact) mass is 263 g/mol. The molecular weight excluding hydrogens is 246 g/mol. The van der Waals surface area contributed by atoms with Gasteiger partial charge in [0, 0.05) is 17.1 Å². The van der Waals surface area contributed by atoms with Gasteiger partial charge in [0.2, 0.25) is 5.95 Å². The highest BCUT2D eigenvalue weighted by Gasteiger charge is 2.12. The van der Waals surface area contributed by atoms with Crippen molar-refractivity contribution in [3.63, 3.8) is 0 Å². The molecule has 2 heterocycles. The summed E-state index contributed by atoms with van der Waals surface area (Å²) < 4.78 is 0. The molecule has 0 aromatic carbocycles. The first kappa shape index (κ1) is 12.8. The van der Waals surface area contributed by atoms with Crippen molar-refractivity contribution in [1.29, 1.82) is 0 Å². The van der Waals surface area contributed by atoms with Crippen LogP contribution < -0.4 is 11.1 Å². The Morgan fingerprint density at radius 1 is 1.44 bits per heavy atom. The third kappa shape index (κ3) is 2.76. The number of nitrogens with two attached hydrogens (primary N) is 1. The van der Waals surface area contributed by atoms with Gasteiger partial charge in [0.15, 0.2) is 0 Å². The van der Waals surface area contributed by atoms with Gasteiger partial charge in [-0.1, -0.05) is 6.92 Å². The second-order valence-corrected chi connectivity index (χ2v) is 5.18. The molecule has 2 aromatic heterocycles. The molecule has 0 aliphatic heterocycles. The van der Waals surface area contributed by atoms with Crippen molar-refractivity contribution in [3.05, 3.63) is 27.8 Å². The normalized spacial score (nSPS) is 12.4. The summed E-state index contributed by atoms with van der Waals surface area (Å²) in [5.74, 6) is 1.08. The van der Waals surface area contributed by atoms with Crippen molar-refractivity contribution >= 4 is 23.1 Å². The third-order valence-corrected chi connectivity index (χ3v) is 3.49. The topological polar surface area (TPSA) is 76.7 Å². The average molecular weight is 263 g/mol. The molecule has 18 heavy (non-hydrogen) atoms. The largest absolute Gasteiger partial charge is 0.368 e. The predicted molar refractivity (Wildman–Crippen MR) is 74.7 cm³/mol. The summed E-state index contributed by atoms with van der Waals surface area (Å²) in [7, 11) is 0. The van der Waals surface area contributed by atoms with E-state index in [4.69, 9.17) is 5.73 Å². The van der Waals surface area contributed by atoms with Crippen LogP contribution in [-0.2, 0) is 6.42 Å². The number of aryl methyl sites for hydroxylation is 2. The number of rotatable bonds is 4. The molecule has 6 heteroatoms. The minimum atomic E-state index is 0.106. The minimum Gasteiger partial charge on any atom is -0.368 e. The minimum absolute atomic E-state index is 0.106. The summed E-state index contributed by atoms with van der Waals surface area (Å²) in [6, 6.07) is 0.106. The lowest BCUT2D eigenvalue weighted by atomic mass is 10.2. The molecule has 3 N–H and O–H groups in total. The number of thiazole rings is 1. The molecule has 2 rings (SSSR count). The van der Waals surface area contributed by atoms with E-state index in [2.05, 4.69) is 39.5 Å². The molecule has 0 saturated carbocycles. The molecule has 0 bridgehead atoms. The van der Waals surface area contributed by atoms with E-state index in [1.807, 2.05) is 6.92 Å². The Morgan fingerprint density at radius 2 is 2.22 bits per heavy atom. The number of nitrogens with zero attached hydrogens (tertiary/aromatic N) is 3. The molecule has 0 unspecified atom stereocenters. The molecular formula is C12H17N5S. The first-order chi connectivity index (χ1) is 8.60. The van der Waals surface area contributed by atoms with Crippen LogP contribution >= 0.6 is 11.3 Å². The van der Waals surface area contributed by atoms with Crippen molar-refractivity contribution < 1.29 is 0 Å². The van der Waals surface area contributed by atoms with Crippen molar-refractivity contribution in [1.82, 2.24) is 15.0 Å². The van der Waals surface area contributed by atoms with Gasteiger partial charge in [0.25, 0.3) is 0 Å². The van der Waals surface area contributed by atoms with Gasteiger partial charge in [-0.3, -0.25) is 0 Å².